The molecule has 0 aromatic heterocycles. The predicted molar refractivity (Wildman–Crippen MR) is 68.0 cm³/mol. The van der Waals surface area contributed by atoms with Crippen molar-refractivity contribution in [2.45, 2.75) is 19.1 Å². The van der Waals surface area contributed by atoms with Gasteiger partial charge in [-0.05, 0) is 30.7 Å². The summed E-state index contributed by atoms with van der Waals surface area (Å²) in [5.41, 5.74) is 7.59. The minimum Gasteiger partial charge on any atom is -0.394 e. The molecular formula is C13H19FN2O2. The maximum absolute atomic E-state index is 13.3. The molecule has 0 aliphatic carbocycles. The van der Waals surface area contributed by atoms with Crippen molar-refractivity contribution in [3.05, 3.63) is 29.6 Å². The number of nitrogens with zero attached hydrogens (tertiary/aromatic N) is 1. The molecule has 1 heterocycles. The molecule has 4 nitrogen and oxygen atoms in total. The van der Waals surface area contributed by atoms with Crippen LogP contribution >= 0.6 is 0 Å². The van der Waals surface area contributed by atoms with Gasteiger partial charge in [0.1, 0.15) is 5.82 Å². The summed E-state index contributed by atoms with van der Waals surface area (Å²) in [5.74, 6) is -0.280. The molecule has 100 valence electrons. The lowest BCUT2D eigenvalue weighted by molar-refractivity contribution is 0.00351. The molecule has 18 heavy (non-hydrogen) atoms. The summed E-state index contributed by atoms with van der Waals surface area (Å²) in [5, 5.41) is 9.14. The van der Waals surface area contributed by atoms with Gasteiger partial charge in [-0.25, -0.2) is 4.39 Å². The molecule has 0 spiro atoms. The van der Waals surface area contributed by atoms with Crippen LogP contribution in [0.5, 0.6) is 0 Å². The zero-order chi connectivity index (χ0) is 13.1. The van der Waals surface area contributed by atoms with E-state index >= 15 is 0 Å². The van der Waals surface area contributed by atoms with Crippen molar-refractivity contribution in [2.75, 3.05) is 31.2 Å². The fourth-order valence-electron chi connectivity index (χ4n) is 2.23. The Kier molecular flexibility index (Phi) is 4.16. The summed E-state index contributed by atoms with van der Waals surface area (Å²) < 4.78 is 18.7. The van der Waals surface area contributed by atoms with E-state index in [1.165, 1.54) is 12.1 Å². The number of nitrogens with two attached hydrogens (primary N) is 1. The Labute approximate surface area is 106 Å². The number of ether oxygens (including phenoxy) is 1. The van der Waals surface area contributed by atoms with Gasteiger partial charge in [0.25, 0.3) is 0 Å². The molecule has 0 saturated carbocycles. The lowest BCUT2D eigenvalue weighted by atomic mass is 10.0. The van der Waals surface area contributed by atoms with Gasteiger partial charge < -0.3 is 20.5 Å². The SMILES string of the molecule is CC(N)c1cc(F)ccc1N1CCOC(CO)C1. The Bertz CT molecular complexity index is 412. The van der Waals surface area contributed by atoms with E-state index in [1.54, 1.807) is 6.07 Å². The Morgan fingerprint density at radius 1 is 1.61 bits per heavy atom. The number of rotatable bonds is 3. The van der Waals surface area contributed by atoms with E-state index in [-0.39, 0.29) is 24.6 Å². The molecule has 1 aromatic carbocycles. The quantitative estimate of drug-likeness (QED) is 0.846. The number of hydrogen-bond acceptors (Lipinski definition) is 4. The molecule has 2 unspecified atom stereocenters. The molecule has 1 aromatic rings. The van der Waals surface area contributed by atoms with Crippen LogP contribution in [-0.2, 0) is 4.74 Å². The van der Waals surface area contributed by atoms with E-state index < -0.39 is 0 Å². The maximum Gasteiger partial charge on any atom is 0.123 e. The van der Waals surface area contributed by atoms with Crippen molar-refractivity contribution in [3.8, 4) is 0 Å². The monoisotopic (exact) mass is 254 g/mol. The second-order valence-electron chi connectivity index (χ2n) is 4.61. The summed E-state index contributed by atoms with van der Waals surface area (Å²) in [4.78, 5) is 2.09. The molecule has 1 aliphatic rings. The van der Waals surface area contributed by atoms with Gasteiger partial charge in [0.2, 0.25) is 0 Å². The molecule has 2 rings (SSSR count). The molecule has 1 aliphatic heterocycles. The number of anilines is 1. The van der Waals surface area contributed by atoms with Gasteiger partial charge in [-0.1, -0.05) is 0 Å². The molecule has 2 atom stereocenters. The highest BCUT2D eigenvalue weighted by atomic mass is 19.1. The number of aliphatic hydroxyl groups excluding tert-OH is 1. The third-order valence-corrected chi connectivity index (χ3v) is 3.16. The topological polar surface area (TPSA) is 58.7 Å². The van der Waals surface area contributed by atoms with E-state index in [2.05, 4.69) is 4.90 Å². The van der Waals surface area contributed by atoms with Crippen LogP contribution in [0.4, 0.5) is 10.1 Å². The zero-order valence-electron chi connectivity index (χ0n) is 10.5. The Morgan fingerprint density at radius 3 is 3.06 bits per heavy atom. The molecule has 3 N–H and O–H groups in total. The smallest absolute Gasteiger partial charge is 0.123 e. The van der Waals surface area contributed by atoms with Gasteiger partial charge in [0, 0.05) is 24.8 Å². The second-order valence-corrected chi connectivity index (χ2v) is 4.61. The first kappa shape index (κ1) is 13.3. The number of hydrogen-bond donors (Lipinski definition) is 2. The van der Waals surface area contributed by atoms with E-state index in [0.29, 0.717) is 13.2 Å². The van der Waals surface area contributed by atoms with E-state index in [0.717, 1.165) is 17.8 Å². The molecular weight excluding hydrogens is 235 g/mol. The molecule has 0 radical (unpaired) electrons. The van der Waals surface area contributed by atoms with E-state index in [1.807, 2.05) is 6.92 Å². The number of halogens is 1. The Morgan fingerprint density at radius 2 is 2.39 bits per heavy atom. The van der Waals surface area contributed by atoms with Crippen LogP contribution in [0.1, 0.15) is 18.5 Å². The molecule has 1 fully saturated rings. The average molecular weight is 254 g/mol. The normalized spacial score (nSPS) is 22.0. The molecule has 0 amide bonds. The fourth-order valence-corrected chi connectivity index (χ4v) is 2.23. The van der Waals surface area contributed by atoms with E-state index in [4.69, 9.17) is 15.6 Å². The zero-order valence-corrected chi connectivity index (χ0v) is 10.5. The van der Waals surface area contributed by atoms with Crippen LogP contribution in [0, 0.1) is 5.82 Å². The Hall–Kier alpha value is -1.17. The number of morpholine rings is 1. The highest BCUT2D eigenvalue weighted by Gasteiger charge is 2.22. The third kappa shape index (κ3) is 2.80. The van der Waals surface area contributed by atoms with Gasteiger partial charge in [-0.15, -0.1) is 0 Å². The van der Waals surface area contributed by atoms with Crippen molar-refractivity contribution in [3.63, 3.8) is 0 Å². The van der Waals surface area contributed by atoms with Gasteiger partial charge in [0.05, 0.1) is 19.3 Å². The van der Waals surface area contributed by atoms with Crippen LogP contribution in [0.3, 0.4) is 0 Å². The second kappa shape index (κ2) is 5.65. The lowest BCUT2D eigenvalue weighted by Gasteiger charge is -2.35. The van der Waals surface area contributed by atoms with Crippen molar-refractivity contribution in [1.82, 2.24) is 0 Å². The van der Waals surface area contributed by atoms with Gasteiger partial charge >= 0.3 is 0 Å². The number of benzene rings is 1. The number of aliphatic hydroxyl groups is 1. The van der Waals surface area contributed by atoms with Gasteiger partial charge in [-0.2, -0.15) is 0 Å². The summed E-state index contributed by atoms with van der Waals surface area (Å²) >= 11 is 0. The molecule has 1 saturated heterocycles. The largest absolute Gasteiger partial charge is 0.394 e. The first-order valence-electron chi connectivity index (χ1n) is 6.14. The third-order valence-electron chi connectivity index (χ3n) is 3.16. The van der Waals surface area contributed by atoms with Gasteiger partial charge in [-0.3, -0.25) is 0 Å². The minimum absolute atomic E-state index is 0.00872. The van der Waals surface area contributed by atoms with Crippen LogP contribution in [0.15, 0.2) is 18.2 Å². The predicted octanol–water partition coefficient (Wildman–Crippen LogP) is 1.04. The summed E-state index contributed by atoms with van der Waals surface area (Å²) in [6.07, 6.45) is -0.190. The van der Waals surface area contributed by atoms with Crippen LogP contribution in [-0.4, -0.2) is 37.5 Å². The standard InChI is InChI=1S/C13H19FN2O2/c1-9(15)12-6-10(14)2-3-13(12)16-4-5-18-11(7-16)8-17/h2-3,6,9,11,17H,4-5,7-8,15H2,1H3. The van der Waals surface area contributed by atoms with Crippen molar-refractivity contribution < 1.29 is 14.2 Å². The fraction of sp³-hybridized carbons (Fsp3) is 0.538. The van der Waals surface area contributed by atoms with Crippen molar-refractivity contribution >= 4 is 5.69 Å². The Balaban J connectivity index is 2.26. The summed E-state index contributed by atoms with van der Waals surface area (Å²) in [7, 11) is 0. The van der Waals surface area contributed by atoms with E-state index in [9.17, 15) is 4.39 Å². The maximum atomic E-state index is 13.3. The molecule has 5 heteroatoms. The average Bonchev–Trinajstić information content (AvgIpc) is 2.38. The van der Waals surface area contributed by atoms with Crippen molar-refractivity contribution in [1.29, 1.82) is 0 Å². The first-order chi connectivity index (χ1) is 8.61. The molecule has 0 bridgehead atoms. The van der Waals surface area contributed by atoms with Gasteiger partial charge in [0.15, 0.2) is 0 Å². The van der Waals surface area contributed by atoms with Crippen LogP contribution < -0.4 is 10.6 Å². The first-order valence-corrected chi connectivity index (χ1v) is 6.14. The van der Waals surface area contributed by atoms with Crippen LogP contribution in [0.2, 0.25) is 0 Å². The summed E-state index contributed by atoms with van der Waals surface area (Å²) in [6.45, 7) is 3.71. The minimum atomic E-state index is -0.280. The highest BCUT2D eigenvalue weighted by Crippen LogP contribution is 2.27. The lowest BCUT2D eigenvalue weighted by Crippen LogP contribution is -2.44. The summed E-state index contributed by atoms with van der Waals surface area (Å²) in [6, 6.07) is 4.42. The highest BCUT2D eigenvalue weighted by molar-refractivity contribution is 5.55. The van der Waals surface area contributed by atoms with Crippen LogP contribution in [0.25, 0.3) is 0 Å². The van der Waals surface area contributed by atoms with Crippen molar-refractivity contribution in [2.24, 2.45) is 5.73 Å².